The predicted molar refractivity (Wildman–Crippen MR) is 95.5 cm³/mol. The molecule has 25 heavy (non-hydrogen) atoms. The van der Waals surface area contributed by atoms with Crippen molar-refractivity contribution in [1.29, 1.82) is 0 Å². The molecule has 0 saturated carbocycles. The maximum Gasteiger partial charge on any atom is 0.348 e. The van der Waals surface area contributed by atoms with Crippen LogP contribution in [-0.4, -0.2) is 29.7 Å². The minimum Gasteiger partial charge on any atom is -0.497 e. The first-order chi connectivity index (χ1) is 11.9. The fraction of sp³-hybridized carbons (Fsp3) is 0.389. The van der Waals surface area contributed by atoms with Gasteiger partial charge in [0.2, 0.25) is 5.91 Å². The molecule has 2 rings (SSSR count). The number of carbonyl (C=O) groups excluding carboxylic acids is 1. The van der Waals surface area contributed by atoms with Crippen LogP contribution in [0.1, 0.15) is 30.8 Å². The quantitative estimate of drug-likeness (QED) is 0.870. The molecule has 1 atom stereocenters. The summed E-state index contributed by atoms with van der Waals surface area (Å²) < 4.78 is 11.9. The van der Waals surface area contributed by atoms with Crippen molar-refractivity contribution < 1.29 is 14.3 Å². The molecule has 1 amide bonds. The molecule has 134 valence electrons. The molecule has 0 radical (unpaired) electrons. The summed E-state index contributed by atoms with van der Waals surface area (Å²) in [6.45, 7) is 5.39. The van der Waals surface area contributed by atoms with Crippen LogP contribution in [0.2, 0.25) is 0 Å². The second-order valence-corrected chi connectivity index (χ2v) is 5.67. The Balaban J connectivity index is 2.35. The molecule has 0 spiro atoms. The van der Waals surface area contributed by atoms with Crippen LogP contribution in [-0.2, 0) is 4.79 Å². The van der Waals surface area contributed by atoms with Crippen LogP contribution in [0.25, 0.3) is 0 Å². The molecule has 0 fully saturated rings. The number of benzene rings is 1. The zero-order valence-electron chi connectivity index (χ0n) is 15.1. The molecule has 7 nitrogen and oxygen atoms in total. The SMILES string of the molecule is CCC(C(=O)Nc1ccc(OC)cc1OC)n1c(C)cc(C)nc1=O. The highest BCUT2D eigenvalue weighted by atomic mass is 16.5. The number of nitrogens with zero attached hydrogens (tertiary/aromatic N) is 2. The number of methoxy groups -OCH3 is 2. The van der Waals surface area contributed by atoms with E-state index in [0.29, 0.717) is 35.0 Å². The van der Waals surface area contributed by atoms with E-state index in [1.165, 1.54) is 11.7 Å². The van der Waals surface area contributed by atoms with Gasteiger partial charge in [-0.3, -0.25) is 9.36 Å². The summed E-state index contributed by atoms with van der Waals surface area (Å²) in [6, 6.07) is 6.23. The van der Waals surface area contributed by atoms with Crippen molar-refractivity contribution in [1.82, 2.24) is 9.55 Å². The molecule has 0 aliphatic carbocycles. The van der Waals surface area contributed by atoms with E-state index in [9.17, 15) is 9.59 Å². The van der Waals surface area contributed by atoms with E-state index in [0.717, 1.165) is 0 Å². The van der Waals surface area contributed by atoms with Crippen molar-refractivity contribution in [2.45, 2.75) is 33.2 Å². The first-order valence-electron chi connectivity index (χ1n) is 8.01. The molecule has 1 N–H and O–H groups in total. The largest absolute Gasteiger partial charge is 0.497 e. The lowest BCUT2D eigenvalue weighted by molar-refractivity contribution is -0.119. The number of rotatable bonds is 6. The molecule has 0 aliphatic heterocycles. The zero-order valence-corrected chi connectivity index (χ0v) is 15.1. The zero-order chi connectivity index (χ0) is 18.6. The number of aryl methyl sites for hydroxylation is 2. The number of amides is 1. The minimum absolute atomic E-state index is 0.304. The molecular formula is C18H23N3O4. The van der Waals surface area contributed by atoms with Crippen LogP contribution in [0.3, 0.4) is 0 Å². The average Bonchev–Trinajstić information content (AvgIpc) is 2.58. The van der Waals surface area contributed by atoms with Crippen LogP contribution < -0.4 is 20.5 Å². The molecule has 0 aliphatic rings. The predicted octanol–water partition coefficient (Wildman–Crippen LogP) is 2.47. The van der Waals surface area contributed by atoms with Gasteiger partial charge in [-0.15, -0.1) is 0 Å². The maximum absolute atomic E-state index is 12.8. The third kappa shape index (κ3) is 3.99. The Morgan fingerprint density at radius 3 is 2.52 bits per heavy atom. The fourth-order valence-corrected chi connectivity index (χ4v) is 2.74. The van der Waals surface area contributed by atoms with Gasteiger partial charge in [-0.1, -0.05) is 6.92 Å². The van der Waals surface area contributed by atoms with E-state index in [-0.39, 0.29) is 5.91 Å². The van der Waals surface area contributed by atoms with Gasteiger partial charge in [0.25, 0.3) is 0 Å². The van der Waals surface area contributed by atoms with E-state index >= 15 is 0 Å². The summed E-state index contributed by atoms with van der Waals surface area (Å²) >= 11 is 0. The standard InChI is InChI=1S/C18H23N3O4/c1-6-15(21-12(3)9-11(2)19-18(21)23)17(22)20-14-8-7-13(24-4)10-16(14)25-5/h7-10,15H,6H2,1-5H3,(H,20,22). The number of hydrogen-bond acceptors (Lipinski definition) is 5. The van der Waals surface area contributed by atoms with Gasteiger partial charge in [-0.2, -0.15) is 4.98 Å². The lowest BCUT2D eigenvalue weighted by atomic mass is 10.1. The lowest BCUT2D eigenvalue weighted by Gasteiger charge is -2.21. The van der Waals surface area contributed by atoms with Gasteiger partial charge in [0.15, 0.2) is 0 Å². The molecule has 1 unspecified atom stereocenters. The summed E-state index contributed by atoms with van der Waals surface area (Å²) in [5.74, 6) is 0.798. The Labute approximate surface area is 146 Å². The monoisotopic (exact) mass is 345 g/mol. The highest BCUT2D eigenvalue weighted by Gasteiger charge is 2.23. The Morgan fingerprint density at radius 2 is 1.96 bits per heavy atom. The van der Waals surface area contributed by atoms with Crippen LogP contribution >= 0.6 is 0 Å². The third-order valence-corrected chi connectivity index (χ3v) is 3.94. The van der Waals surface area contributed by atoms with Gasteiger partial charge >= 0.3 is 5.69 Å². The summed E-state index contributed by atoms with van der Waals surface area (Å²) in [5, 5.41) is 2.82. The van der Waals surface area contributed by atoms with Gasteiger partial charge in [-0.25, -0.2) is 4.79 Å². The topological polar surface area (TPSA) is 82.4 Å². The van der Waals surface area contributed by atoms with Crippen LogP contribution in [0.15, 0.2) is 29.1 Å². The second-order valence-electron chi connectivity index (χ2n) is 5.67. The van der Waals surface area contributed by atoms with Crippen molar-refractivity contribution in [2.24, 2.45) is 0 Å². The summed E-state index contributed by atoms with van der Waals surface area (Å²) in [7, 11) is 3.07. The average molecular weight is 345 g/mol. The van der Waals surface area contributed by atoms with Crippen LogP contribution in [0.4, 0.5) is 5.69 Å². The molecule has 1 aromatic carbocycles. The summed E-state index contributed by atoms with van der Waals surface area (Å²) in [4.78, 5) is 29.0. The Morgan fingerprint density at radius 1 is 1.24 bits per heavy atom. The Kier molecular flexibility index (Phi) is 5.80. The number of carbonyl (C=O) groups is 1. The van der Waals surface area contributed by atoms with Gasteiger partial charge < -0.3 is 14.8 Å². The van der Waals surface area contributed by atoms with Crippen LogP contribution in [0, 0.1) is 13.8 Å². The Hall–Kier alpha value is -2.83. The smallest absolute Gasteiger partial charge is 0.348 e. The highest BCUT2D eigenvalue weighted by molar-refractivity contribution is 5.95. The number of aromatic nitrogens is 2. The molecule has 0 saturated heterocycles. The molecular weight excluding hydrogens is 322 g/mol. The number of ether oxygens (including phenoxy) is 2. The lowest BCUT2D eigenvalue weighted by Crippen LogP contribution is -2.36. The molecule has 7 heteroatoms. The van der Waals surface area contributed by atoms with Crippen LogP contribution in [0.5, 0.6) is 11.5 Å². The van der Waals surface area contributed by atoms with E-state index in [2.05, 4.69) is 10.3 Å². The van der Waals surface area contributed by atoms with E-state index in [4.69, 9.17) is 9.47 Å². The molecule has 2 aromatic rings. The first-order valence-corrected chi connectivity index (χ1v) is 8.01. The van der Waals surface area contributed by atoms with Crippen molar-refractivity contribution in [3.05, 3.63) is 46.1 Å². The van der Waals surface area contributed by atoms with Crippen molar-refractivity contribution >= 4 is 11.6 Å². The Bertz CT molecular complexity index is 830. The van der Waals surface area contributed by atoms with Crippen molar-refractivity contribution in [3.8, 4) is 11.5 Å². The van der Waals surface area contributed by atoms with E-state index in [1.54, 1.807) is 45.2 Å². The number of hydrogen-bond donors (Lipinski definition) is 1. The summed E-state index contributed by atoms with van der Waals surface area (Å²) in [6.07, 6.45) is 0.454. The first kappa shape index (κ1) is 18.5. The minimum atomic E-state index is -0.660. The maximum atomic E-state index is 12.8. The van der Waals surface area contributed by atoms with E-state index < -0.39 is 11.7 Å². The van der Waals surface area contributed by atoms with Crippen molar-refractivity contribution in [3.63, 3.8) is 0 Å². The molecule has 1 heterocycles. The van der Waals surface area contributed by atoms with Gasteiger partial charge in [-0.05, 0) is 38.5 Å². The van der Waals surface area contributed by atoms with Crippen molar-refractivity contribution in [2.75, 3.05) is 19.5 Å². The summed E-state index contributed by atoms with van der Waals surface area (Å²) in [5.41, 5.74) is 1.41. The normalized spacial score (nSPS) is 11.7. The molecule has 0 bridgehead atoms. The molecule has 1 aromatic heterocycles. The highest BCUT2D eigenvalue weighted by Crippen LogP contribution is 2.30. The van der Waals surface area contributed by atoms with Gasteiger partial charge in [0.1, 0.15) is 17.5 Å². The fourth-order valence-electron chi connectivity index (χ4n) is 2.74. The number of nitrogens with one attached hydrogen (secondary N) is 1. The van der Waals surface area contributed by atoms with E-state index in [1.807, 2.05) is 6.92 Å². The number of anilines is 1. The van der Waals surface area contributed by atoms with Gasteiger partial charge in [0.05, 0.1) is 19.9 Å². The van der Waals surface area contributed by atoms with Gasteiger partial charge in [0, 0.05) is 17.5 Å². The third-order valence-electron chi connectivity index (χ3n) is 3.94. The second kappa shape index (κ2) is 7.83.